The molecule has 0 fully saturated rings. The number of aliphatic hydroxyl groups is 1. The quantitative estimate of drug-likeness (QED) is 0.338. The maximum atomic E-state index is 13.5. The Morgan fingerprint density at radius 1 is 1.00 bits per heavy atom. The first-order valence-electron chi connectivity index (χ1n) is 10.1. The third-order valence-corrected chi connectivity index (χ3v) is 6.72. The van der Waals surface area contributed by atoms with Crippen LogP contribution in [0.2, 0.25) is 0 Å². The van der Waals surface area contributed by atoms with Crippen molar-refractivity contribution < 1.29 is 34.1 Å². The molecular formula is C23H21F5N2O3S. The van der Waals surface area contributed by atoms with Gasteiger partial charge in [0, 0.05) is 12.0 Å². The largest absolute Gasteiger partial charge is 0.497 e. The Kier molecular flexibility index (Phi) is 5.33. The van der Waals surface area contributed by atoms with E-state index < -0.39 is 39.0 Å². The van der Waals surface area contributed by atoms with Gasteiger partial charge in [-0.25, -0.2) is 4.79 Å². The van der Waals surface area contributed by atoms with Crippen LogP contribution >= 0.6 is 10.2 Å². The molecule has 11 heteroatoms. The third kappa shape index (κ3) is 4.95. The van der Waals surface area contributed by atoms with Crippen molar-refractivity contribution in [2.75, 3.05) is 12.4 Å². The summed E-state index contributed by atoms with van der Waals surface area (Å²) in [5, 5.41) is 15.1. The fourth-order valence-corrected chi connectivity index (χ4v) is 4.60. The van der Waals surface area contributed by atoms with Gasteiger partial charge in [0.1, 0.15) is 10.6 Å². The first kappa shape index (κ1) is 23.8. The number of hydrogen-bond donors (Lipinski definition) is 3. The first-order valence-corrected chi connectivity index (χ1v) is 12.1. The maximum Gasteiger partial charge on any atom is 0.319 e. The Morgan fingerprint density at radius 3 is 2.32 bits per heavy atom. The smallest absolute Gasteiger partial charge is 0.319 e. The van der Waals surface area contributed by atoms with Gasteiger partial charge in [-0.2, -0.15) is 0 Å². The van der Waals surface area contributed by atoms with Crippen molar-refractivity contribution in [1.29, 1.82) is 0 Å². The maximum absolute atomic E-state index is 13.5. The summed E-state index contributed by atoms with van der Waals surface area (Å²) in [5.74, 6) is 0.480. The second kappa shape index (κ2) is 7.60. The van der Waals surface area contributed by atoms with Crippen molar-refractivity contribution in [3.63, 3.8) is 0 Å². The van der Waals surface area contributed by atoms with E-state index in [1.54, 1.807) is 36.4 Å². The normalized spacial score (nSPS) is 19.5. The topological polar surface area (TPSA) is 70.6 Å². The number of carbonyl (C=O) groups excluding carboxylic acids is 1. The van der Waals surface area contributed by atoms with Gasteiger partial charge in [-0.15, -0.1) is 0 Å². The molecule has 5 nitrogen and oxygen atoms in total. The predicted molar refractivity (Wildman–Crippen MR) is 121 cm³/mol. The lowest BCUT2D eigenvalue weighted by molar-refractivity contribution is 0.144. The summed E-state index contributed by atoms with van der Waals surface area (Å²) in [6.45, 7) is 0. The number of nitrogens with one attached hydrogen (secondary N) is 2. The number of anilines is 1. The molecule has 0 saturated heterocycles. The molecule has 1 aliphatic rings. The fourth-order valence-electron chi connectivity index (χ4n) is 3.94. The zero-order chi connectivity index (χ0) is 24.8. The number of amides is 2. The molecule has 34 heavy (non-hydrogen) atoms. The number of carbonyl (C=O) groups is 1. The van der Waals surface area contributed by atoms with Crippen LogP contribution in [0, 0.1) is 0 Å². The standard InChI is InChI=1S/C23H21F5N2O3S/c1-33-16-8-6-14(7-9-16)18-11-10-17(34(24,25,26,27)28)13-20(18)29-23(32)30-22-19-5-3-2-4-15(19)12-21(22)31/h2-11,13,21-22,31H,12H2,1H3,(H2,29,30,32). The average Bonchev–Trinajstić information content (AvgIpc) is 3.07. The number of methoxy groups -OCH3 is 1. The van der Waals surface area contributed by atoms with Gasteiger partial charge < -0.3 is 20.5 Å². The Bertz CT molecular complexity index is 1250. The van der Waals surface area contributed by atoms with E-state index in [1.807, 2.05) is 0 Å². The fraction of sp³-hybridized carbons (Fsp3) is 0.174. The van der Waals surface area contributed by atoms with Gasteiger partial charge in [0.05, 0.1) is 24.9 Å². The van der Waals surface area contributed by atoms with Crippen LogP contribution in [0.5, 0.6) is 5.75 Å². The zero-order valence-electron chi connectivity index (χ0n) is 17.8. The molecule has 3 aromatic carbocycles. The van der Waals surface area contributed by atoms with Crippen LogP contribution in [-0.2, 0) is 6.42 Å². The van der Waals surface area contributed by atoms with Crippen molar-refractivity contribution in [3.05, 3.63) is 77.9 Å². The summed E-state index contributed by atoms with van der Waals surface area (Å²) in [5.41, 5.74) is 1.49. The van der Waals surface area contributed by atoms with E-state index in [0.29, 0.717) is 22.9 Å². The average molecular weight is 500 g/mol. The van der Waals surface area contributed by atoms with Crippen LogP contribution in [0.4, 0.5) is 29.9 Å². The molecule has 3 aromatic rings. The number of benzene rings is 3. The minimum Gasteiger partial charge on any atom is -0.497 e. The molecule has 1 aliphatic carbocycles. The Morgan fingerprint density at radius 2 is 1.68 bits per heavy atom. The van der Waals surface area contributed by atoms with Crippen LogP contribution in [-0.4, -0.2) is 24.4 Å². The second-order valence-electron chi connectivity index (χ2n) is 7.95. The van der Waals surface area contributed by atoms with E-state index in [-0.39, 0.29) is 18.1 Å². The summed E-state index contributed by atoms with van der Waals surface area (Å²) < 4.78 is 72.4. The van der Waals surface area contributed by atoms with Gasteiger partial charge >= 0.3 is 16.3 Å². The molecule has 3 N–H and O–H groups in total. The molecule has 182 valence electrons. The number of hydrogen-bond acceptors (Lipinski definition) is 3. The lowest BCUT2D eigenvalue weighted by Crippen LogP contribution is -2.37. The van der Waals surface area contributed by atoms with E-state index >= 15 is 0 Å². The molecule has 0 heterocycles. The summed E-state index contributed by atoms with van der Waals surface area (Å²) in [6.07, 6.45) is -0.655. The molecule has 0 aliphatic heterocycles. The van der Waals surface area contributed by atoms with Gasteiger partial charge in [0.25, 0.3) is 0 Å². The summed E-state index contributed by atoms with van der Waals surface area (Å²) in [4.78, 5) is 10.6. The first-order chi connectivity index (χ1) is 15.7. The molecule has 4 rings (SSSR count). The van der Waals surface area contributed by atoms with E-state index in [2.05, 4.69) is 10.6 Å². The van der Waals surface area contributed by atoms with Crippen molar-refractivity contribution in [1.82, 2.24) is 5.32 Å². The van der Waals surface area contributed by atoms with Gasteiger partial charge in [0.15, 0.2) is 0 Å². The highest BCUT2D eigenvalue weighted by Crippen LogP contribution is 3.02. The highest BCUT2D eigenvalue weighted by Gasteiger charge is 2.65. The van der Waals surface area contributed by atoms with Crippen LogP contribution in [0.3, 0.4) is 0 Å². The van der Waals surface area contributed by atoms with Gasteiger partial charge in [-0.3, -0.25) is 0 Å². The summed E-state index contributed by atoms with van der Waals surface area (Å²) >= 11 is 0. The number of ether oxygens (including phenoxy) is 1. The van der Waals surface area contributed by atoms with Crippen molar-refractivity contribution in [3.8, 4) is 16.9 Å². The number of fused-ring (bicyclic) bond motifs is 1. The lowest BCUT2D eigenvalue weighted by Gasteiger charge is -2.40. The SMILES string of the molecule is COc1ccc(-c2ccc(S(F)(F)(F)(F)F)cc2NC(=O)NC2c3ccccc3CC2O)cc1. The van der Waals surface area contributed by atoms with Crippen molar-refractivity contribution >= 4 is 21.9 Å². The highest BCUT2D eigenvalue weighted by molar-refractivity contribution is 8.45. The number of urea groups is 1. The van der Waals surface area contributed by atoms with Crippen LogP contribution in [0.25, 0.3) is 11.1 Å². The van der Waals surface area contributed by atoms with E-state index in [1.165, 1.54) is 19.2 Å². The Balaban J connectivity index is 1.69. The van der Waals surface area contributed by atoms with E-state index in [9.17, 15) is 29.3 Å². The number of rotatable bonds is 5. The van der Waals surface area contributed by atoms with Gasteiger partial charge in [-0.1, -0.05) is 61.9 Å². The lowest BCUT2D eigenvalue weighted by atomic mass is 10.0. The summed E-state index contributed by atoms with van der Waals surface area (Å²) in [7, 11) is -8.57. The second-order valence-corrected chi connectivity index (χ2v) is 10.4. The van der Waals surface area contributed by atoms with Crippen LogP contribution < -0.4 is 15.4 Å². The van der Waals surface area contributed by atoms with Crippen LogP contribution in [0.1, 0.15) is 17.2 Å². The van der Waals surface area contributed by atoms with Crippen molar-refractivity contribution in [2.45, 2.75) is 23.5 Å². The van der Waals surface area contributed by atoms with Crippen LogP contribution in [0.15, 0.2) is 71.6 Å². The Labute approximate surface area is 192 Å². The van der Waals surface area contributed by atoms with Gasteiger partial charge in [-0.05, 0) is 41.0 Å². The van der Waals surface area contributed by atoms with Crippen molar-refractivity contribution in [2.24, 2.45) is 0 Å². The molecule has 2 atom stereocenters. The van der Waals surface area contributed by atoms with E-state index in [0.717, 1.165) is 11.6 Å². The molecule has 0 saturated carbocycles. The molecule has 0 spiro atoms. The summed E-state index contributed by atoms with van der Waals surface area (Å²) in [6, 6.07) is 12.8. The Hall–Kier alpha value is -3.31. The number of halogens is 5. The minimum atomic E-state index is -10.0. The minimum absolute atomic E-state index is 0.0933. The molecule has 2 unspecified atom stereocenters. The van der Waals surface area contributed by atoms with Gasteiger partial charge in [0.2, 0.25) is 0 Å². The predicted octanol–water partition coefficient (Wildman–Crippen LogP) is 6.80. The third-order valence-electron chi connectivity index (χ3n) is 5.58. The monoisotopic (exact) mass is 500 g/mol. The molecule has 0 aromatic heterocycles. The zero-order valence-corrected chi connectivity index (χ0v) is 18.6. The number of aliphatic hydroxyl groups excluding tert-OH is 1. The molecule has 0 radical (unpaired) electrons. The highest BCUT2D eigenvalue weighted by atomic mass is 32.5. The molecule has 0 bridgehead atoms. The molecular weight excluding hydrogens is 479 g/mol. The van der Waals surface area contributed by atoms with E-state index in [4.69, 9.17) is 4.74 Å². The molecule has 2 amide bonds.